The number of nitrogen functional groups attached to an aromatic ring is 1. The number of benzene rings is 3. The van der Waals surface area contributed by atoms with E-state index in [0.29, 0.717) is 0 Å². The lowest BCUT2D eigenvalue weighted by molar-refractivity contribution is 0.633. The Morgan fingerprint density at radius 1 is 0.739 bits per heavy atom. The van der Waals surface area contributed by atoms with Gasteiger partial charge < -0.3 is 5.73 Å². The highest BCUT2D eigenvalue weighted by Crippen LogP contribution is 2.23. The number of anilines is 1. The van der Waals surface area contributed by atoms with E-state index < -0.39 is 0 Å². The molecule has 23 heavy (non-hydrogen) atoms. The minimum absolute atomic E-state index is 0.184. The van der Waals surface area contributed by atoms with Gasteiger partial charge in [0.15, 0.2) is 0 Å². The molecule has 1 nitrogen and oxygen atoms in total. The molecular formula is C21H20FN. The molecule has 0 aliphatic rings. The van der Waals surface area contributed by atoms with Crippen LogP contribution in [-0.4, -0.2) is 0 Å². The monoisotopic (exact) mass is 305 g/mol. The normalized spacial score (nSPS) is 10.7. The summed E-state index contributed by atoms with van der Waals surface area (Å²) in [5, 5.41) is 0. The van der Waals surface area contributed by atoms with E-state index in [2.05, 4.69) is 43.3 Å². The van der Waals surface area contributed by atoms with Crippen LogP contribution in [0.2, 0.25) is 0 Å². The van der Waals surface area contributed by atoms with Gasteiger partial charge in [-0.2, -0.15) is 0 Å². The first-order valence-electron chi connectivity index (χ1n) is 7.82. The predicted molar refractivity (Wildman–Crippen MR) is 94.8 cm³/mol. The van der Waals surface area contributed by atoms with E-state index in [1.165, 1.54) is 22.8 Å². The Kier molecular flexibility index (Phi) is 4.42. The van der Waals surface area contributed by atoms with E-state index in [4.69, 9.17) is 5.73 Å². The maximum atomic E-state index is 13.6. The van der Waals surface area contributed by atoms with Gasteiger partial charge in [-0.15, -0.1) is 0 Å². The average molecular weight is 305 g/mol. The molecule has 3 aromatic rings. The van der Waals surface area contributed by atoms with Crippen molar-refractivity contribution in [3.8, 4) is 11.1 Å². The van der Waals surface area contributed by atoms with Crippen LogP contribution in [0.3, 0.4) is 0 Å². The van der Waals surface area contributed by atoms with Gasteiger partial charge in [0.2, 0.25) is 0 Å². The zero-order valence-electron chi connectivity index (χ0n) is 13.2. The summed E-state index contributed by atoms with van der Waals surface area (Å²) >= 11 is 0. The molecule has 0 heterocycles. The molecular weight excluding hydrogens is 285 g/mol. The van der Waals surface area contributed by atoms with Crippen LogP contribution in [0.4, 0.5) is 10.1 Å². The van der Waals surface area contributed by atoms with Gasteiger partial charge in [-0.05, 0) is 54.2 Å². The zero-order chi connectivity index (χ0) is 16.2. The van der Waals surface area contributed by atoms with Gasteiger partial charge in [0.25, 0.3) is 0 Å². The molecule has 0 spiro atoms. The second-order valence-corrected chi connectivity index (χ2v) is 5.92. The number of rotatable bonds is 4. The number of aryl methyl sites for hydroxylation is 3. The molecule has 0 saturated carbocycles. The summed E-state index contributed by atoms with van der Waals surface area (Å²) in [6.45, 7) is 2.10. The molecule has 0 aliphatic heterocycles. The third-order valence-corrected chi connectivity index (χ3v) is 4.11. The molecule has 0 radical (unpaired) electrons. The van der Waals surface area contributed by atoms with Gasteiger partial charge in [0.1, 0.15) is 5.82 Å². The molecule has 0 amide bonds. The third-order valence-electron chi connectivity index (χ3n) is 4.11. The first-order chi connectivity index (χ1) is 11.1. The Bertz CT molecular complexity index is 789. The maximum absolute atomic E-state index is 13.6. The molecule has 3 aromatic carbocycles. The molecule has 0 unspecified atom stereocenters. The van der Waals surface area contributed by atoms with Gasteiger partial charge >= 0.3 is 0 Å². The van der Waals surface area contributed by atoms with Crippen molar-refractivity contribution in [3.05, 3.63) is 89.2 Å². The summed E-state index contributed by atoms with van der Waals surface area (Å²) in [7, 11) is 0. The van der Waals surface area contributed by atoms with Crippen LogP contribution in [0.5, 0.6) is 0 Å². The van der Waals surface area contributed by atoms with E-state index >= 15 is 0 Å². The fraction of sp³-hybridized carbons (Fsp3) is 0.143. The van der Waals surface area contributed by atoms with Crippen LogP contribution in [-0.2, 0) is 12.8 Å². The third kappa shape index (κ3) is 3.78. The van der Waals surface area contributed by atoms with Crippen molar-refractivity contribution in [3.63, 3.8) is 0 Å². The van der Waals surface area contributed by atoms with Gasteiger partial charge in [-0.1, -0.05) is 60.2 Å². The topological polar surface area (TPSA) is 26.0 Å². The number of hydrogen-bond donors (Lipinski definition) is 1. The van der Waals surface area contributed by atoms with Crippen molar-refractivity contribution in [1.82, 2.24) is 0 Å². The molecule has 0 aliphatic carbocycles. The summed E-state index contributed by atoms with van der Waals surface area (Å²) in [5.74, 6) is -0.369. The van der Waals surface area contributed by atoms with Crippen molar-refractivity contribution in [2.75, 3.05) is 5.73 Å². The van der Waals surface area contributed by atoms with E-state index in [1.807, 2.05) is 18.2 Å². The highest BCUT2D eigenvalue weighted by molar-refractivity contribution is 5.66. The lowest BCUT2D eigenvalue weighted by atomic mass is 10.00. The molecule has 0 saturated heterocycles. The van der Waals surface area contributed by atoms with Gasteiger partial charge in [0.05, 0.1) is 5.69 Å². The second kappa shape index (κ2) is 6.66. The molecule has 116 valence electrons. The van der Waals surface area contributed by atoms with Crippen LogP contribution in [0.1, 0.15) is 16.7 Å². The quantitative estimate of drug-likeness (QED) is 0.661. The molecule has 0 fully saturated rings. The Morgan fingerprint density at radius 2 is 1.26 bits per heavy atom. The van der Waals surface area contributed by atoms with E-state index in [1.54, 1.807) is 6.07 Å². The predicted octanol–water partition coefficient (Wildman–Crippen LogP) is 5.17. The van der Waals surface area contributed by atoms with Crippen LogP contribution >= 0.6 is 0 Å². The minimum Gasteiger partial charge on any atom is -0.396 e. The molecule has 0 bridgehead atoms. The maximum Gasteiger partial charge on any atom is 0.146 e. The Labute approximate surface area is 136 Å². The lowest BCUT2D eigenvalue weighted by Gasteiger charge is -2.06. The van der Waals surface area contributed by atoms with E-state index in [9.17, 15) is 4.39 Å². The summed E-state index contributed by atoms with van der Waals surface area (Å²) < 4.78 is 13.6. The zero-order valence-corrected chi connectivity index (χ0v) is 13.2. The Balaban J connectivity index is 1.69. The van der Waals surface area contributed by atoms with E-state index in [0.717, 1.165) is 24.0 Å². The molecule has 2 N–H and O–H groups in total. The van der Waals surface area contributed by atoms with Crippen molar-refractivity contribution in [2.45, 2.75) is 19.8 Å². The number of nitrogens with two attached hydrogens (primary N) is 1. The summed E-state index contributed by atoms with van der Waals surface area (Å²) in [6, 6.07) is 21.9. The van der Waals surface area contributed by atoms with Crippen LogP contribution in [0.15, 0.2) is 66.7 Å². The van der Waals surface area contributed by atoms with Crippen LogP contribution in [0.25, 0.3) is 11.1 Å². The minimum atomic E-state index is -0.369. The fourth-order valence-corrected chi connectivity index (χ4v) is 2.61. The largest absolute Gasteiger partial charge is 0.396 e. The molecule has 2 heteroatoms. The lowest BCUT2D eigenvalue weighted by Crippen LogP contribution is -1.92. The van der Waals surface area contributed by atoms with Crippen molar-refractivity contribution < 1.29 is 4.39 Å². The van der Waals surface area contributed by atoms with Crippen molar-refractivity contribution >= 4 is 5.69 Å². The van der Waals surface area contributed by atoms with E-state index in [-0.39, 0.29) is 11.5 Å². The van der Waals surface area contributed by atoms with Crippen LogP contribution < -0.4 is 5.73 Å². The van der Waals surface area contributed by atoms with Gasteiger partial charge in [-0.3, -0.25) is 0 Å². The second-order valence-electron chi connectivity index (χ2n) is 5.92. The number of hydrogen-bond acceptors (Lipinski definition) is 1. The van der Waals surface area contributed by atoms with Gasteiger partial charge in [-0.25, -0.2) is 4.39 Å². The summed E-state index contributed by atoms with van der Waals surface area (Å²) in [6.07, 6.45) is 2.02. The molecule has 3 rings (SSSR count). The van der Waals surface area contributed by atoms with Crippen molar-refractivity contribution in [1.29, 1.82) is 0 Å². The van der Waals surface area contributed by atoms with Crippen molar-refractivity contribution in [2.24, 2.45) is 0 Å². The SMILES string of the molecule is Cc1ccc(CCc2ccc(-c3ccc(N)c(F)c3)cc2)cc1. The Hall–Kier alpha value is -2.61. The Morgan fingerprint density at radius 3 is 1.83 bits per heavy atom. The summed E-state index contributed by atoms with van der Waals surface area (Å²) in [5.41, 5.74) is 11.5. The highest BCUT2D eigenvalue weighted by atomic mass is 19.1. The fourth-order valence-electron chi connectivity index (χ4n) is 2.61. The number of halogens is 1. The smallest absolute Gasteiger partial charge is 0.146 e. The molecule has 0 aromatic heterocycles. The molecule has 0 atom stereocenters. The van der Waals surface area contributed by atoms with Gasteiger partial charge in [0, 0.05) is 0 Å². The summed E-state index contributed by atoms with van der Waals surface area (Å²) in [4.78, 5) is 0. The first-order valence-corrected chi connectivity index (χ1v) is 7.82. The van der Waals surface area contributed by atoms with Crippen LogP contribution in [0, 0.1) is 12.7 Å². The first kappa shape index (κ1) is 15.3. The average Bonchev–Trinajstić information content (AvgIpc) is 2.57. The highest BCUT2D eigenvalue weighted by Gasteiger charge is 2.03. The standard InChI is InChI=1S/C21H20FN/c1-15-2-4-16(5-3-15)6-7-17-8-10-18(11-9-17)19-12-13-21(23)20(22)14-19/h2-5,8-14H,6-7,23H2,1H3.